The van der Waals surface area contributed by atoms with Gasteiger partial charge in [-0.15, -0.1) is 0 Å². The number of pyridine rings is 1. The molecule has 108 valence electrons. The summed E-state index contributed by atoms with van der Waals surface area (Å²) < 4.78 is 5.61. The average Bonchev–Trinajstić information content (AvgIpc) is 2.45. The summed E-state index contributed by atoms with van der Waals surface area (Å²) >= 11 is 0. The monoisotopic (exact) mass is 283 g/mol. The predicted molar refractivity (Wildman–Crippen MR) is 81.7 cm³/mol. The molecule has 0 unspecified atom stereocenters. The number of carboxylic acid groups (broad SMARTS) is 1. The zero-order valence-electron chi connectivity index (χ0n) is 12.3. The third-order valence-corrected chi connectivity index (χ3v) is 3.95. The highest BCUT2D eigenvalue weighted by Gasteiger charge is 2.31. The normalized spacial score (nSPS) is 13.9. The average molecular weight is 283 g/mol. The Kier molecular flexibility index (Phi) is 2.97. The number of fused-ring (bicyclic) bond motifs is 2. The second-order valence-corrected chi connectivity index (χ2v) is 5.88. The Balaban J connectivity index is 2.25. The molecule has 1 N–H and O–H groups in total. The van der Waals surface area contributed by atoms with E-state index in [4.69, 9.17) is 4.74 Å². The van der Waals surface area contributed by atoms with Crippen LogP contribution in [0.2, 0.25) is 0 Å². The maximum Gasteiger partial charge on any atom is 0.315 e. The number of hydrogen-bond donors (Lipinski definition) is 1. The molecule has 0 aliphatic carbocycles. The second kappa shape index (κ2) is 4.58. The van der Waals surface area contributed by atoms with E-state index < -0.39 is 11.4 Å². The first-order valence-corrected chi connectivity index (χ1v) is 6.88. The lowest BCUT2D eigenvalue weighted by molar-refractivity contribution is -0.142. The molecule has 1 aromatic heterocycles. The zero-order chi connectivity index (χ0) is 15.2. The van der Waals surface area contributed by atoms with Gasteiger partial charge in [0.2, 0.25) is 0 Å². The molecule has 2 heterocycles. The van der Waals surface area contributed by atoms with Gasteiger partial charge in [-0.05, 0) is 50.6 Å². The van der Waals surface area contributed by atoms with Crippen molar-refractivity contribution in [3.05, 3.63) is 41.1 Å². The Morgan fingerprint density at radius 1 is 1.33 bits per heavy atom. The summed E-state index contributed by atoms with van der Waals surface area (Å²) in [5.41, 5.74) is 2.34. The zero-order valence-corrected chi connectivity index (χ0v) is 12.3. The number of ether oxygens (including phenoxy) is 1. The molecule has 21 heavy (non-hydrogen) atoms. The van der Waals surface area contributed by atoms with E-state index in [1.807, 2.05) is 37.3 Å². The summed E-state index contributed by atoms with van der Waals surface area (Å²) in [6.45, 7) is 5.89. The maximum absolute atomic E-state index is 11.4. The fraction of sp³-hybridized carbons (Fsp3) is 0.294. The molecule has 4 nitrogen and oxygen atoms in total. The van der Waals surface area contributed by atoms with E-state index in [0.29, 0.717) is 12.3 Å². The lowest BCUT2D eigenvalue weighted by Crippen LogP contribution is -2.29. The molecule has 0 radical (unpaired) electrons. The highest BCUT2D eigenvalue weighted by Crippen LogP contribution is 2.32. The van der Waals surface area contributed by atoms with Gasteiger partial charge in [-0.25, -0.2) is 0 Å². The van der Waals surface area contributed by atoms with E-state index in [0.717, 1.165) is 27.8 Å². The van der Waals surface area contributed by atoms with Gasteiger partial charge in [-0.2, -0.15) is 0 Å². The molecule has 0 atom stereocenters. The number of nitrogens with zero attached hydrogens (tertiary/aromatic N) is 1. The number of aromatic nitrogens is 1. The van der Waals surface area contributed by atoms with Gasteiger partial charge in [0, 0.05) is 10.9 Å². The summed E-state index contributed by atoms with van der Waals surface area (Å²) in [7, 11) is 0. The molecular formula is C17H17NO3. The van der Waals surface area contributed by atoms with E-state index >= 15 is 0 Å². The first-order valence-electron chi connectivity index (χ1n) is 6.88. The summed E-state index contributed by atoms with van der Waals surface area (Å²) in [6, 6.07) is 5.78. The molecule has 1 aliphatic heterocycles. The summed E-state index contributed by atoms with van der Waals surface area (Å²) in [4.78, 5) is 16.0. The summed E-state index contributed by atoms with van der Waals surface area (Å²) in [6.07, 6.45) is 3.95. The van der Waals surface area contributed by atoms with Crippen molar-refractivity contribution >= 4 is 22.9 Å². The molecule has 0 saturated carbocycles. The minimum Gasteiger partial charge on any atom is -0.489 e. The third kappa shape index (κ3) is 2.17. The first-order chi connectivity index (χ1) is 9.89. The molecular weight excluding hydrogens is 266 g/mol. The smallest absolute Gasteiger partial charge is 0.315 e. The Bertz CT molecular complexity index is 775. The van der Waals surface area contributed by atoms with Crippen LogP contribution in [0, 0.1) is 6.92 Å². The fourth-order valence-electron chi connectivity index (χ4n) is 2.44. The van der Waals surface area contributed by atoms with E-state index in [-0.39, 0.29) is 0 Å². The van der Waals surface area contributed by atoms with Crippen molar-refractivity contribution in [1.82, 2.24) is 4.98 Å². The fourth-order valence-corrected chi connectivity index (χ4v) is 2.44. The molecule has 0 saturated heterocycles. The topological polar surface area (TPSA) is 59.4 Å². The van der Waals surface area contributed by atoms with Crippen LogP contribution in [0.4, 0.5) is 0 Å². The van der Waals surface area contributed by atoms with Crippen LogP contribution in [-0.4, -0.2) is 22.7 Å². The van der Waals surface area contributed by atoms with Gasteiger partial charge >= 0.3 is 5.97 Å². The number of carboxylic acids is 1. The van der Waals surface area contributed by atoms with E-state index in [1.165, 1.54) is 0 Å². The maximum atomic E-state index is 11.4. The molecule has 4 heteroatoms. The highest BCUT2D eigenvalue weighted by molar-refractivity contribution is 5.88. The van der Waals surface area contributed by atoms with E-state index in [9.17, 15) is 9.90 Å². The van der Waals surface area contributed by atoms with Crippen LogP contribution < -0.4 is 4.74 Å². The SMILES string of the molecule is Cc1cc(C(C)(C)C(=O)O)nc2cc3c(cc12)OCC=C3. The highest BCUT2D eigenvalue weighted by atomic mass is 16.5. The Morgan fingerprint density at radius 2 is 2.10 bits per heavy atom. The Hall–Kier alpha value is -2.36. The molecule has 1 aromatic carbocycles. The van der Waals surface area contributed by atoms with Gasteiger partial charge in [0.25, 0.3) is 0 Å². The number of hydrogen-bond acceptors (Lipinski definition) is 3. The van der Waals surface area contributed by atoms with Crippen LogP contribution in [-0.2, 0) is 10.2 Å². The van der Waals surface area contributed by atoms with Gasteiger partial charge in [-0.1, -0.05) is 6.08 Å². The van der Waals surface area contributed by atoms with Gasteiger partial charge in [-0.3, -0.25) is 9.78 Å². The summed E-state index contributed by atoms with van der Waals surface area (Å²) in [5, 5.41) is 10.4. The molecule has 0 fully saturated rings. The van der Waals surface area contributed by atoms with Crippen molar-refractivity contribution in [1.29, 1.82) is 0 Å². The Labute approximate surface area is 123 Å². The minimum absolute atomic E-state index is 0.570. The van der Waals surface area contributed by atoms with Crippen LogP contribution in [0.15, 0.2) is 24.3 Å². The van der Waals surface area contributed by atoms with Gasteiger partial charge in [0.05, 0.1) is 11.2 Å². The predicted octanol–water partition coefficient (Wildman–Crippen LogP) is 3.31. The van der Waals surface area contributed by atoms with Crippen LogP contribution in [0.1, 0.15) is 30.7 Å². The second-order valence-electron chi connectivity index (χ2n) is 5.88. The quantitative estimate of drug-likeness (QED) is 0.918. The van der Waals surface area contributed by atoms with Crippen LogP contribution in [0.3, 0.4) is 0 Å². The first kappa shape index (κ1) is 13.6. The van der Waals surface area contributed by atoms with Crippen molar-refractivity contribution in [3.63, 3.8) is 0 Å². The van der Waals surface area contributed by atoms with E-state index in [2.05, 4.69) is 4.98 Å². The van der Waals surface area contributed by atoms with Crippen LogP contribution in [0.25, 0.3) is 17.0 Å². The number of aliphatic carboxylic acids is 1. The van der Waals surface area contributed by atoms with Crippen molar-refractivity contribution in [2.45, 2.75) is 26.2 Å². The molecule has 0 bridgehead atoms. The molecule has 1 aliphatic rings. The molecule has 3 rings (SSSR count). The number of aryl methyl sites for hydroxylation is 1. The molecule has 2 aromatic rings. The van der Waals surface area contributed by atoms with Gasteiger partial charge in [0.15, 0.2) is 0 Å². The van der Waals surface area contributed by atoms with Gasteiger partial charge in [0.1, 0.15) is 17.8 Å². The number of benzene rings is 1. The van der Waals surface area contributed by atoms with Crippen LogP contribution >= 0.6 is 0 Å². The largest absolute Gasteiger partial charge is 0.489 e. The van der Waals surface area contributed by atoms with Crippen molar-refractivity contribution in [2.24, 2.45) is 0 Å². The lowest BCUT2D eigenvalue weighted by atomic mass is 9.87. The third-order valence-electron chi connectivity index (χ3n) is 3.95. The van der Waals surface area contributed by atoms with Crippen molar-refractivity contribution in [3.8, 4) is 5.75 Å². The number of carbonyl (C=O) groups is 1. The number of rotatable bonds is 2. The molecule has 0 spiro atoms. The summed E-state index contributed by atoms with van der Waals surface area (Å²) in [5.74, 6) is -0.0323. The minimum atomic E-state index is -1.01. The molecule has 0 amide bonds. The lowest BCUT2D eigenvalue weighted by Gasteiger charge is -2.21. The van der Waals surface area contributed by atoms with Gasteiger partial charge < -0.3 is 9.84 Å². The van der Waals surface area contributed by atoms with Crippen molar-refractivity contribution in [2.75, 3.05) is 6.61 Å². The van der Waals surface area contributed by atoms with Crippen LogP contribution in [0.5, 0.6) is 5.75 Å². The standard InChI is InChI=1S/C17H17NO3/c1-10-7-15(17(2,3)16(19)20)18-13-8-11-5-4-6-21-14(11)9-12(10)13/h4-5,7-9H,6H2,1-3H3,(H,19,20). The Morgan fingerprint density at radius 3 is 2.81 bits per heavy atom. The van der Waals surface area contributed by atoms with E-state index in [1.54, 1.807) is 13.8 Å². The van der Waals surface area contributed by atoms with Crippen molar-refractivity contribution < 1.29 is 14.6 Å².